The Hall–Kier alpha value is -0.900. The lowest BCUT2D eigenvalue weighted by molar-refractivity contribution is 0.0550. The van der Waals surface area contributed by atoms with Crippen LogP contribution in [0.15, 0.2) is 18.7 Å². The average Bonchev–Trinajstić information content (AvgIpc) is 2.31. The molecule has 0 aromatic heterocycles. The minimum absolute atomic E-state index is 0.0435. The molecule has 0 atom stereocenters. The molecule has 0 aliphatic carbocycles. The molecular formula is C11H9Cl3O3. The van der Waals surface area contributed by atoms with Crippen LogP contribution in [0.25, 0.3) is 0 Å². The largest absolute Gasteiger partial charge is 0.494 e. The quantitative estimate of drug-likeness (QED) is 0.478. The first kappa shape index (κ1) is 14.2. The van der Waals surface area contributed by atoms with Crippen LogP contribution in [-0.2, 0) is 4.74 Å². The van der Waals surface area contributed by atoms with Crippen molar-refractivity contribution >= 4 is 40.8 Å². The number of hydrogen-bond donors (Lipinski definition) is 0. The van der Waals surface area contributed by atoms with Gasteiger partial charge in [-0.15, -0.1) is 0 Å². The molecule has 0 radical (unpaired) electrons. The smallest absolute Gasteiger partial charge is 0.340 e. The van der Waals surface area contributed by atoms with Gasteiger partial charge in [-0.1, -0.05) is 47.5 Å². The summed E-state index contributed by atoms with van der Waals surface area (Å²) in [5.74, 6) is -0.403. The van der Waals surface area contributed by atoms with Crippen LogP contribution in [0.5, 0.6) is 5.75 Å². The summed E-state index contributed by atoms with van der Waals surface area (Å²) in [6.07, 6.45) is 1.44. The van der Waals surface area contributed by atoms with Crippen LogP contribution in [0.2, 0.25) is 15.1 Å². The lowest BCUT2D eigenvalue weighted by Crippen LogP contribution is -2.06. The molecule has 3 nitrogen and oxygen atoms in total. The molecule has 17 heavy (non-hydrogen) atoms. The van der Waals surface area contributed by atoms with Gasteiger partial charge in [0.2, 0.25) is 0 Å². The molecule has 0 heterocycles. The number of rotatable bonds is 4. The highest BCUT2D eigenvalue weighted by atomic mass is 35.5. The van der Waals surface area contributed by atoms with E-state index in [1.807, 2.05) is 0 Å². The molecule has 0 aliphatic rings. The van der Waals surface area contributed by atoms with E-state index in [1.54, 1.807) is 0 Å². The van der Waals surface area contributed by atoms with Crippen LogP contribution >= 0.6 is 34.8 Å². The van der Waals surface area contributed by atoms with Gasteiger partial charge in [0.15, 0.2) is 5.75 Å². The second kappa shape index (κ2) is 6.15. The summed E-state index contributed by atoms with van der Waals surface area (Å²) >= 11 is 17.7. The maximum absolute atomic E-state index is 11.6. The first-order chi connectivity index (χ1) is 8.02. The SMILES string of the molecule is C=CCOC(=O)c1cc(Cl)c(OC)c(Cl)c1Cl. The van der Waals surface area contributed by atoms with Gasteiger partial charge in [0.05, 0.1) is 22.7 Å². The number of carbonyl (C=O) groups excluding carboxylic acids is 1. The Labute approximate surface area is 114 Å². The summed E-state index contributed by atoms with van der Waals surface area (Å²) in [7, 11) is 1.40. The third-order valence-corrected chi connectivity index (χ3v) is 3.00. The molecule has 1 rings (SSSR count). The van der Waals surface area contributed by atoms with Crippen molar-refractivity contribution in [3.8, 4) is 5.75 Å². The van der Waals surface area contributed by atoms with Crippen molar-refractivity contribution in [2.45, 2.75) is 0 Å². The Morgan fingerprint density at radius 2 is 2.06 bits per heavy atom. The molecule has 6 heteroatoms. The molecule has 0 bridgehead atoms. The van der Waals surface area contributed by atoms with E-state index in [0.29, 0.717) is 0 Å². The lowest BCUT2D eigenvalue weighted by atomic mass is 10.2. The van der Waals surface area contributed by atoms with E-state index in [2.05, 4.69) is 6.58 Å². The van der Waals surface area contributed by atoms with Gasteiger partial charge in [-0.3, -0.25) is 0 Å². The van der Waals surface area contributed by atoms with Crippen LogP contribution in [0.3, 0.4) is 0 Å². The molecule has 0 saturated carbocycles. The molecular weight excluding hydrogens is 286 g/mol. The molecule has 0 saturated heterocycles. The zero-order valence-corrected chi connectivity index (χ0v) is 11.2. The van der Waals surface area contributed by atoms with Crippen LogP contribution < -0.4 is 4.74 Å². The van der Waals surface area contributed by atoms with Crippen molar-refractivity contribution in [2.75, 3.05) is 13.7 Å². The number of methoxy groups -OCH3 is 1. The van der Waals surface area contributed by atoms with Gasteiger partial charge >= 0.3 is 5.97 Å². The van der Waals surface area contributed by atoms with E-state index in [1.165, 1.54) is 19.3 Å². The normalized spacial score (nSPS) is 9.88. The predicted molar refractivity (Wildman–Crippen MR) is 68.5 cm³/mol. The molecule has 0 unspecified atom stereocenters. The summed E-state index contributed by atoms with van der Waals surface area (Å²) in [4.78, 5) is 11.6. The van der Waals surface area contributed by atoms with Crippen molar-refractivity contribution in [1.29, 1.82) is 0 Å². The van der Waals surface area contributed by atoms with Gasteiger partial charge in [0, 0.05) is 0 Å². The zero-order chi connectivity index (χ0) is 13.0. The van der Waals surface area contributed by atoms with Gasteiger partial charge in [-0.25, -0.2) is 4.79 Å². The second-order valence-corrected chi connectivity index (χ2v) is 4.12. The highest BCUT2D eigenvalue weighted by Crippen LogP contribution is 2.40. The van der Waals surface area contributed by atoms with Crippen LogP contribution in [-0.4, -0.2) is 19.7 Å². The van der Waals surface area contributed by atoms with Crippen molar-refractivity contribution in [1.82, 2.24) is 0 Å². The summed E-state index contributed by atoms with van der Waals surface area (Å²) in [5, 5.41) is 0.307. The average molecular weight is 296 g/mol. The molecule has 0 aliphatic heterocycles. The molecule has 1 aromatic carbocycles. The lowest BCUT2D eigenvalue weighted by Gasteiger charge is -2.10. The molecule has 92 valence electrons. The Morgan fingerprint density at radius 3 is 2.59 bits per heavy atom. The second-order valence-electron chi connectivity index (χ2n) is 2.95. The number of esters is 1. The number of halogens is 3. The molecule has 0 fully saturated rings. The van der Waals surface area contributed by atoms with E-state index >= 15 is 0 Å². The van der Waals surface area contributed by atoms with Crippen molar-refractivity contribution < 1.29 is 14.3 Å². The Balaban J connectivity index is 3.18. The molecule has 0 spiro atoms. The van der Waals surface area contributed by atoms with Gasteiger partial charge < -0.3 is 9.47 Å². The minimum Gasteiger partial charge on any atom is -0.494 e. The van der Waals surface area contributed by atoms with Gasteiger partial charge in [0.25, 0.3) is 0 Å². The highest BCUT2D eigenvalue weighted by Gasteiger charge is 2.20. The maximum atomic E-state index is 11.6. The third-order valence-electron chi connectivity index (χ3n) is 1.87. The van der Waals surface area contributed by atoms with E-state index in [-0.39, 0.29) is 33.0 Å². The Morgan fingerprint density at radius 1 is 1.41 bits per heavy atom. The Bertz CT molecular complexity index is 458. The van der Waals surface area contributed by atoms with E-state index in [4.69, 9.17) is 44.3 Å². The first-order valence-electron chi connectivity index (χ1n) is 4.52. The van der Waals surface area contributed by atoms with Crippen molar-refractivity contribution in [3.05, 3.63) is 39.4 Å². The summed E-state index contributed by atoms with van der Waals surface area (Å²) in [6, 6.07) is 1.35. The van der Waals surface area contributed by atoms with Crippen molar-refractivity contribution in [3.63, 3.8) is 0 Å². The van der Waals surface area contributed by atoms with Gasteiger partial charge in [-0.2, -0.15) is 0 Å². The van der Waals surface area contributed by atoms with E-state index < -0.39 is 5.97 Å². The number of hydrogen-bond acceptors (Lipinski definition) is 3. The van der Waals surface area contributed by atoms with E-state index in [9.17, 15) is 4.79 Å². The standard InChI is InChI=1S/C11H9Cl3O3/c1-3-4-17-11(15)6-5-7(12)10(16-2)9(14)8(6)13/h3,5H,1,4H2,2H3. The van der Waals surface area contributed by atoms with Gasteiger partial charge in [0.1, 0.15) is 11.6 Å². The van der Waals surface area contributed by atoms with Crippen LogP contribution in [0.1, 0.15) is 10.4 Å². The summed E-state index contributed by atoms with van der Waals surface area (Å²) < 4.78 is 9.80. The topological polar surface area (TPSA) is 35.5 Å². The first-order valence-corrected chi connectivity index (χ1v) is 5.65. The van der Waals surface area contributed by atoms with E-state index in [0.717, 1.165) is 0 Å². The highest BCUT2D eigenvalue weighted by molar-refractivity contribution is 6.46. The fourth-order valence-electron chi connectivity index (χ4n) is 1.13. The molecule has 0 amide bonds. The summed E-state index contributed by atoms with van der Waals surface area (Å²) in [5.41, 5.74) is 0.0873. The number of ether oxygens (including phenoxy) is 2. The predicted octanol–water partition coefficient (Wildman–Crippen LogP) is 4.00. The maximum Gasteiger partial charge on any atom is 0.340 e. The number of benzene rings is 1. The van der Waals surface area contributed by atoms with Crippen molar-refractivity contribution in [2.24, 2.45) is 0 Å². The zero-order valence-electron chi connectivity index (χ0n) is 8.93. The fourth-order valence-corrected chi connectivity index (χ4v) is 1.95. The minimum atomic E-state index is -0.624. The van der Waals surface area contributed by atoms with Crippen LogP contribution in [0.4, 0.5) is 0 Å². The third kappa shape index (κ3) is 3.06. The fraction of sp³-hybridized carbons (Fsp3) is 0.182. The molecule has 0 N–H and O–H groups in total. The monoisotopic (exact) mass is 294 g/mol. The molecule has 1 aromatic rings. The summed E-state index contributed by atoms with van der Waals surface area (Å²) in [6.45, 7) is 3.51. The Kier molecular flexibility index (Phi) is 5.12. The van der Waals surface area contributed by atoms with Crippen LogP contribution in [0, 0.1) is 0 Å². The van der Waals surface area contributed by atoms with Gasteiger partial charge in [-0.05, 0) is 6.07 Å². The number of carbonyl (C=O) groups is 1.